The second-order valence-corrected chi connectivity index (χ2v) is 15.3. The number of unbranched alkanes of at least 4 members (excludes halogenated alkanes) is 1. The van der Waals surface area contributed by atoms with Crippen LogP contribution in [0.15, 0.2) is 6.33 Å². The Morgan fingerprint density at radius 1 is 1.02 bits per heavy atom. The molecule has 4 heterocycles. The number of fused-ring (bicyclic) bond motifs is 1. The summed E-state index contributed by atoms with van der Waals surface area (Å²) in [7, 11) is 0. The van der Waals surface area contributed by atoms with Crippen LogP contribution >= 0.6 is 0 Å². The number of aromatic nitrogens is 2. The van der Waals surface area contributed by atoms with Crippen molar-refractivity contribution in [3.63, 3.8) is 0 Å². The number of carbonyl (C=O) groups is 2. The molecule has 45 heavy (non-hydrogen) atoms. The summed E-state index contributed by atoms with van der Waals surface area (Å²) in [5, 5.41) is 0. The minimum Gasteiger partial charge on any atom is -0.442 e. The topological polar surface area (TPSA) is 88.1 Å². The van der Waals surface area contributed by atoms with E-state index < -0.39 is 0 Å². The predicted octanol–water partition coefficient (Wildman–Crippen LogP) is 6.02. The zero-order chi connectivity index (χ0) is 31.7. The highest BCUT2D eigenvalue weighted by atomic mass is 16.6. The molecular formula is C36H57N5O4. The normalized spacial score (nSPS) is 31.9. The molecule has 250 valence electrons. The molecule has 1 spiro atoms. The Labute approximate surface area is 270 Å². The fraction of sp³-hybridized carbons (Fsp3) is 0.833. The number of hydrogen-bond acceptors (Lipinski definition) is 7. The van der Waals surface area contributed by atoms with Crippen LogP contribution in [0.2, 0.25) is 0 Å². The monoisotopic (exact) mass is 623 g/mol. The van der Waals surface area contributed by atoms with Crippen molar-refractivity contribution < 1.29 is 19.1 Å². The minimum absolute atomic E-state index is 0.0776. The Bertz CT molecular complexity index is 1160. The van der Waals surface area contributed by atoms with Gasteiger partial charge in [0.15, 0.2) is 0 Å². The van der Waals surface area contributed by atoms with Gasteiger partial charge in [-0.1, -0.05) is 19.8 Å². The van der Waals surface area contributed by atoms with E-state index in [4.69, 9.17) is 9.47 Å². The Balaban J connectivity index is 1.01. The quantitative estimate of drug-likeness (QED) is 0.332. The van der Waals surface area contributed by atoms with E-state index in [0.717, 1.165) is 108 Å². The Hall–Kier alpha value is -2.26. The first-order valence-corrected chi connectivity index (χ1v) is 18.1. The number of ether oxygens (including phenoxy) is 2. The van der Waals surface area contributed by atoms with Gasteiger partial charge in [0.05, 0.1) is 29.2 Å². The number of hydrogen-bond donors (Lipinski definition) is 0. The van der Waals surface area contributed by atoms with Gasteiger partial charge in [0.25, 0.3) is 5.91 Å². The third kappa shape index (κ3) is 7.04. The first-order valence-electron chi connectivity index (χ1n) is 18.1. The van der Waals surface area contributed by atoms with E-state index in [1.165, 1.54) is 12.8 Å². The second kappa shape index (κ2) is 13.8. The molecule has 3 aliphatic heterocycles. The van der Waals surface area contributed by atoms with Crippen molar-refractivity contribution in [3.8, 4) is 0 Å². The molecule has 9 heteroatoms. The molecule has 1 aromatic heterocycles. The molecule has 0 bridgehead atoms. The van der Waals surface area contributed by atoms with Crippen molar-refractivity contribution in [1.29, 1.82) is 0 Å². The van der Waals surface area contributed by atoms with Crippen LogP contribution in [0, 0.1) is 37.5 Å². The van der Waals surface area contributed by atoms with Gasteiger partial charge in [0, 0.05) is 64.1 Å². The molecule has 0 radical (unpaired) electrons. The van der Waals surface area contributed by atoms with Crippen LogP contribution in [-0.2, 0) is 9.47 Å². The average Bonchev–Trinajstić information content (AvgIpc) is 3.59. The molecule has 3 saturated heterocycles. The molecule has 2 saturated carbocycles. The molecule has 5 aliphatic rings. The van der Waals surface area contributed by atoms with E-state index in [1.807, 2.05) is 18.7 Å². The highest BCUT2D eigenvalue weighted by molar-refractivity contribution is 5.96. The van der Waals surface area contributed by atoms with Crippen molar-refractivity contribution >= 4 is 12.0 Å². The van der Waals surface area contributed by atoms with Crippen molar-refractivity contribution in [2.24, 2.45) is 23.7 Å². The third-order valence-electron chi connectivity index (χ3n) is 12.0. The summed E-state index contributed by atoms with van der Waals surface area (Å²) >= 11 is 0. The lowest BCUT2D eigenvalue weighted by molar-refractivity contribution is -0.126. The summed E-state index contributed by atoms with van der Waals surface area (Å²) in [6.07, 6.45) is 14.3. The molecule has 2 aliphatic carbocycles. The molecule has 4 atom stereocenters. The first-order chi connectivity index (χ1) is 21.7. The van der Waals surface area contributed by atoms with Crippen LogP contribution < -0.4 is 0 Å². The molecule has 2 amide bonds. The van der Waals surface area contributed by atoms with Crippen LogP contribution in [0.5, 0.6) is 0 Å². The lowest BCUT2D eigenvalue weighted by Crippen LogP contribution is -2.61. The van der Waals surface area contributed by atoms with Gasteiger partial charge in [-0.2, -0.15) is 0 Å². The summed E-state index contributed by atoms with van der Waals surface area (Å²) in [6.45, 7) is 15.7. The second-order valence-electron chi connectivity index (χ2n) is 15.3. The van der Waals surface area contributed by atoms with Gasteiger partial charge >= 0.3 is 6.09 Å². The van der Waals surface area contributed by atoms with Gasteiger partial charge in [-0.25, -0.2) is 14.8 Å². The van der Waals surface area contributed by atoms with Crippen LogP contribution in [0.25, 0.3) is 0 Å². The maximum absolute atomic E-state index is 13.5. The van der Waals surface area contributed by atoms with E-state index in [-0.39, 0.29) is 23.7 Å². The minimum atomic E-state index is -0.312. The summed E-state index contributed by atoms with van der Waals surface area (Å²) < 4.78 is 12.6. The van der Waals surface area contributed by atoms with Crippen LogP contribution in [0.1, 0.15) is 113 Å². The summed E-state index contributed by atoms with van der Waals surface area (Å²) in [4.78, 5) is 42.2. The van der Waals surface area contributed by atoms with Crippen molar-refractivity contribution in [3.05, 3.63) is 23.3 Å². The third-order valence-corrected chi connectivity index (χ3v) is 12.0. The summed E-state index contributed by atoms with van der Waals surface area (Å²) in [5.41, 5.74) is 1.91. The van der Waals surface area contributed by atoms with Crippen molar-refractivity contribution in [2.45, 2.75) is 129 Å². The standard InChI is InChI=1S/C36H57N5O4/c1-6-7-8-30-22-41(19-27-9-11-32(12-10-27)44-24(2)3)35(43)45-36(30)13-15-39(16-14-36)31-17-28-20-40(21-29(28)18-31)34(42)33-25(4)37-23-38-26(33)5/h23-24,27-32H,6-22H2,1-5H3/t27?,28-,29+,30-,31?,32?/m0/s1. The number of carbonyl (C=O) groups excluding carboxylic acids is 2. The first kappa shape index (κ1) is 32.7. The Kier molecular flexibility index (Phi) is 10.1. The van der Waals surface area contributed by atoms with Crippen molar-refractivity contribution in [1.82, 2.24) is 24.7 Å². The van der Waals surface area contributed by atoms with E-state index >= 15 is 0 Å². The molecule has 1 unspecified atom stereocenters. The summed E-state index contributed by atoms with van der Waals surface area (Å²) in [5.74, 6) is 2.18. The maximum atomic E-state index is 13.5. The van der Waals surface area contributed by atoms with E-state index in [0.29, 0.717) is 41.4 Å². The number of likely N-dealkylation sites (tertiary alicyclic amines) is 2. The van der Waals surface area contributed by atoms with Crippen LogP contribution in [0.4, 0.5) is 4.79 Å². The largest absolute Gasteiger partial charge is 0.442 e. The van der Waals surface area contributed by atoms with Gasteiger partial charge in [-0.05, 0) is 90.4 Å². The predicted molar refractivity (Wildman–Crippen MR) is 174 cm³/mol. The zero-order valence-electron chi connectivity index (χ0n) is 28.5. The lowest BCUT2D eigenvalue weighted by atomic mass is 9.75. The van der Waals surface area contributed by atoms with E-state index in [2.05, 4.69) is 40.5 Å². The van der Waals surface area contributed by atoms with Crippen LogP contribution in [0.3, 0.4) is 0 Å². The average molecular weight is 624 g/mol. The van der Waals surface area contributed by atoms with E-state index in [9.17, 15) is 9.59 Å². The van der Waals surface area contributed by atoms with Gasteiger partial charge in [-0.15, -0.1) is 0 Å². The van der Waals surface area contributed by atoms with Gasteiger partial charge in [-0.3, -0.25) is 4.79 Å². The van der Waals surface area contributed by atoms with E-state index in [1.54, 1.807) is 6.33 Å². The molecule has 9 nitrogen and oxygen atoms in total. The molecule has 1 aromatic rings. The highest BCUT2D eigenvalue weighted by Crippen LogP contribution is 2.45. The highest BCUT2D eigenvalue weighted by Gasteiger charge is 2.52. The van der Waals surface area contributed by atoms with Crippen molar-refractivity contribution in [2.75, 3.05) is 39.3 Å². The Morgan fingerprint density at radius 3 is 2.27 bits per heavy atom. The van der Waals surface area contributed by atoms with Crippen LogP contribution in [-0.4, -0.2) is 99.8 Å². The zero-order valence-corrected chi connectivity index (χ0v) is 28.5. The fourth-order valence-electron chi connectivity index (χ4n) is 9.50. The number of aryl methyl sites for hydroxylation is 2. The van der Waals surface area contributed by atoms with Gasteiger partial charge in [0.2, 0.25) is 0 Å². The number of piperidine rings is 1. The smallest absolute Gasteiger partial charge is 0.410 e. The Morgan fingerprint density at radius 2 is 1.67 bits per heavy atom. The summed E-state index contributed by atoms with van der Waals surface area (Å²) in [6, 6.07) is 0.567. The number of rotatable bonds is 9. The van der Waals surface area contributed by atoms with Gasteiger partial charge in [0.1, 0.15) is 11.9 Å². The number of nitrogens with zero attached hydrogens (tertiary/aromatic N) is 5. The molecule has 6 rings (SSSR count). The lowest BCUT2D eigenvalue weighted by Gasteiger charge is -2.52. The fourth-order valence-corrected chi connectivity index (χ4v) is 9.50. The number of amides is 2. The van der Waals surface area contributed by atoms with Gasteiger partial charge < -0.3 is 24.2 Å². The molecule has 0 aromatic carbocycles. The SMILES string of the molecule is CCCC[C@H]1CN(CC2CCC(OC(C)C)CC2)C(=O)OC12CCN(C1C[C@@H]3CN(C(=O)c4c(C)ncnc4C)C[C@@H]3C1)CC2. The molecular weight excluding hydrogens is 566 g/mol. The maximum Gasteiger partial charge on any atom is 0.410 e. The molecule has 0 N–H and O–H groups in total. The molecule has 5 fully saturated rings.